The molecule has 1 rings (SSSR count). The van der Waals surface area contributed by atoms with Crippen molar-refractivity contribution in [2.24, 2.45) is 0 Å². The van der Waals surface area contributed by atoms with Gasteiger partial charge in [0.25, 0.3) is 5.91 Å². The Morgan fingerprint density at radius 1 is 0.933 bits per heavy atom. The van der Waals surface area contributed by atoms with E-state index in [-0.39, 0.29) is 24.0 Å². The molecule has 0 unspecified atom stereocenters. The van der Waals surface area contributed by atoms with Crippen LogP contribution in [-0.4, -0.2) is 47.6 Å². The lowest BCUT2D eigenvalue weighted by Gasteiger charge is -2.17. The van der Waals surface area contributed by atoms with E-state index in [0.717, 1.165) is 4.90 Å². The van der Waals surface area contributed by atoms with Crippen molar-refractivity contribution < 1.29 is 33.4 Å². The fourth-order valence-electron chi connectivity index (χ4n) is 2.44. The Bertz CT molecular complexity index is 846. The minimum Gasteiger partial charge on any atom is -0.423 e. The van der Waals surface area contributed by atoms with Gasteiger partial charge in [-0.25, -0.2) is 0 Å². The highest BCUT2D eigenvalue weighted by atomic mass is 16.6. The second kappa shape index (κ2) is 12.2. The molecule has 162 valence electrons. The number of esters is 2. The highest BCUT2D eigenvalue weighted by molar-refractivity contribution is 6.02. The van der Waals surface area contributed by atoms with Crippen LogP contribution >= 0.6 is 0 Å². The summed E-state index contributed by atoms with van der Waals surface area (Å²) in [5, 5.41) is 2.65. The lowest BCUT2D eigenvalue weighted by Crippen LogP contribution is -2.35. The molecule has 0 atom stereocenters. The smallest absolute Gasteiger partial charge is 0.308 e. The molecule has 1 aromatic carbocycles. The largest absolute Gasteiger partial charge is 0.423 e. The zero-order valence-electron chi connectivity index (χ0n) is 17.5. The Morgan fingerprint density at radius 2 is 1.57 bits per heavy atom. The Balaban J connectivity index is 2.84. The second-order valence-electron chi connectivity index (χ2n) is 6.43. The summed E-state index contributed by atoms with van der Waals surface area (Å²) in [6.45, 7) is 5.84. The standard InChI is InChI=1S/C21H26N2O7/c1-14(24)22-11-5-6-12-23(15(2)25)21(28)10-8-18-7-9-19(29-16(3)26)20(13-18)30-17(4)27/h7-10,13H,5-6,11-12H2,1-4H3,(H,22,24). The van der Waals surface area contributed by atoms with Gasteiger partial charge in [-0.05, 0) is 36.6 Å². The minimum atomic E-state index is -0.595. The number of hydrogen-bond acceptors (Lipinski definition) is 7. The first-order valence-electron chi connectivity index (χ1n) is 9.35. The van der Waals surface area contributed by atoms with E-state index in [4.69, 9.17) is 9.47 Å². The monoisotopic (exact) mass is 418 g/mol. The van der Waals surface area contributed by atoms with Crippen molar-refractivity contribution in [1.82, 2.24) is 10.2 Å². The van der Waals surface area contributed by atoms with Gasteiger partial charge in [-0.2, -0.15) is 0 Å². The Hall–Kier alpha value is -3.49. The molecule has 9 nitrogen and oxygen atoms in total. The lowest BCUT2D eigenvalue weighted by molar-refractivity contribution is -0.140. The number of amides is 3. The van der Waals surface area contributed by atoms with Gasteiger partial charge < -0.3 is 14.8 Å². The molecule has 0 radical (unpaired) electrons. The van der Waals surface area contributed by atoms with Crippen LogP contribution in [0.15, 0.2) is 24.3 Å². The molecule has 0 bridgehead atoms. The molecular weight excluding hydrogens is 392 g/mol. The summed E-state index contributed by atoms with van der Waals surface area (Å²) in [5.74, 6) is -2.08. The number of carbonyl (C=O) groups is 5. The number of carbonyl (C=O) groups excluding carboxylic acids is 5. The molecule has 30 heavy (non-hydrogen) atoms. The summed E-state index contributed by atoms with van der Waals surface area (Å²) >= 11 is 0. The number of nitrogens with zero attached hydrogens (tertiary/aromatic N) is 1. The van der Waals surface area contributed by atoms with E-state index in [1.807, 2.05) is 0 Å². The van der Waals surface area contributed by atoms with E-state index < -0.39 is 23.8 Å². The van der Waals surface area contributed by atoms with Gasteiger partial charge in [0, 0.05) is 46.9 Å². The van der Waals surface area contributed by atoms with Gasteiger partial charge in [-0.1, -0.05) is 6.07 Å². The number of ether oxygens (including phenoxy) is 2. The second-order valence-corrected chi connectivity index (χ2v) is 6.43. The average molecular weight is 418 g/mol. The van der Waals surface area contributed by atoms with E-state index in [2.05, 4.69) is 5.32 Å². The number of hydrogen-bond donors (Lipinski definition) is 1. The van der Waals surface area contributed by atoms with Crippen LogP contribution in [0.4, 0.5) is 0 Å². The summed E-state index contributed by atoms with van der Waals surface area (Å²) in [6, 6.07) is 4.45. The zero-order chi connectivity index (χ0) is 22.7. The zero-order valence-corrected chi connectivity index (χ0v) is 17.5. The maximum Gasteiger partial charge on any atom is 0.308 e. The van der Waals surface area contributed by atoms with Gasteiger partial charge in [0.2, 0.25) is 11.8 Å². The Morgan fingerprint density at radius 3 is 2.13 bits per heavy atom. The van der Waals surface area contributed by atoms with Crippen molar-refractivity contribution in [3.8, 4) is 11.5 Å². The predicted molar refractivity (Wildman–Crippen MR) is 108 cm³/mol. The molecule has 0 aliphatic rings. The Kier molecular flexibility index (Phi) is 9.94. The number of nitrogens with one attached hydrogen (secondary N) is 1. The van der Waals surface area contributed by atoms with Gasteiger partial charge >= 0.3 is 11.9 Å². The van der Waals surface area contributed by atoms with Gasteiger partial charge in [-0.15, -0.1) is 0 Å². The molecule has 0 heterocycles. The van der Waals surface area contributed by atoms with E-state index in [1.165, 1.54) is 52.0 Å². The van der Waals surface area contributed by atoms with Crippen LogP contribution < -0.4 is 14.8 Å². The molecule has 9 heteroatoms. The number of benzene rings is 1. The van der Waals surface area contributed by atoms with Crippen LogP contribution in [0.3, 0.4) is 0 Å². The van der Waals surface area contributed by atoms with E-state index >= 15 is 0 Å². The lowest BCUT2D eigenvalue weighted by atomic mass is 10.1. The Labute approximate surface area is 175 Å². The van der Waals surface area contributed by atoms with E-state index in [1.54, 1.807) is 6.07 Å². The minimum absolute atomic E-state index is 0.0358. The third-order valence-electron chi connectivity index (χ3n) is 3.72. The van der Waals surface area contributed by atoms with Gasteiger partial charge in [0.1, 0.15) is 0 Å². The van der Waals surface area contributed by atoms with Crippen molar-refractivity contribution >= 4 is 35.7 Å². The molecule has 0 spiro atoms. The topological polar surface area (TPSA) is 119 Å². The average Bonchev–Trinajstić information content (AvgIpc) is 2.63. The van der Waals surface area contributed by atoms with Crippen LogP contribution in [0.25, 0.3) is 6.08 Å². The molecule has 0 fully saturated rings. The number of rotatable bonds is 9. The van der Waals surface area contributed by atoms with Crippen LogP contribution in [0, 0.1) is 0 Å². The maximum atomic E-state index is 12.4. The van der Waals surface area contributed by atoms with E-state index in [9.17, 15) is 24.0 Å². The fraction of sp³-hybridized carbons (Fsp3) is 0.381. The highest BCUT2D eigenvalue weighted by Crippen LogP contribution is 2.29. The first kappa shape index (κ1) is 24.5. The van der Waals surface area contributed by atoms with Crippen LogP contribution in [-0.2, 0) is 24.0 Å². The van der Waals surface area contributed by atoms with Crippen molar-refractivity contribution in [3.05, 3.63) is 29.8 Å². The SMILES string of the molecule is CC(=O)NCCCCN(C(C)=O)C(=O)C=Cc1ccc(OC(C)=O)c(OC(C)=O)c1. The van der Waals surface area contributed by atoms with Gasteiger partial charge in [0.15, 0.2) is 11.5 Å². The van der Waals surface area contributed by atoms with Crippen molar-refractivity contribution in [2.45, 2.75) is 40.5 Å². The van der Waals surface area contributed by atoms with Crippen molar-refractivity contribution in [1.29, 1.82) is 0 Å². The van der Waals surface area contributed by atoms with Gasteiger partial charge in [0.05, 0.1) is 0 Å². The molecule has 0 saturated carbocycles. The summed E-state index contributed by atoms with van der Waals surface area (Å²) < 4.78 is 10.0. The molecule has 0 saturated heterocycles. The normalized spacial score (nSPS) is 10.4. The van der Waals surface area contributed by atoms with Crippen LogP contribution in [0.5, 0.6) is 11.5 Å². The summed E-state index contributed by atoms with van der Waals surface area (Å²) in [4.78, 5) is 58.6. The summed E-state index contributed by atoms with van der Waals surface area (Å²) in [5.41, 5.74) is 0.504. The molecule has 0 aliphatic carbocycles. The molecule has 3 amide bonds. The third-order valence-corrected chi connectivity index (χ3v) is 3.72. The summed E-state index contributed by atoms with van der Waals surface area (Å²) in [7, 11) is 0. The first-order valence-corrected chi connectivity index (χ1v) is 9.35. The highest BCUT2D eigenvalue weighted by Gasteiger charge is 2.15. The molecule has 1 aromatic rings. The molecule has 1 N–H and O–H groups in total. The number of unbranched alkanes of at least 4 members (excludes halogenated alkanes) is 1. The molecular formula is C21H26N2O7. The van der Waals surface area contributed by atoms with Gasteiger partial charge in [-0.3, -0.25) is 28.9 Å². The maximum absolute atomic E-state index is 12.4. The van der Waals surface area contributed by atoms with Crippen LogP contribution in [0.2, 0.25) is 0 Å². The molecule has 0 aliphatic heterocycles. The van der Waals surface area contributed by atoms with Crippen molar-refractivity contribution in [2.75, 3.05) is 13.1 Å². The molecule has 0 aromatic heterocycles. The quantitative estimate of drug-likeness (QED) is 0.281. The van der Waals surface area contributed by atoms with Crippen molar-refractivity contribution in [3.63, 3.8) is 0 Å². The predicted octanol–water partition coefficient (Wildman–Crippen LogP) is 1.84. The van der Waals surface area contributed by atoms with Crippen LogP contribution in [0.1, 0.15) is 46.1 Å². The fourth-order valence-corrected chi connectivity index (χ4v) is 2.44. The first-order chi connectivity index (χ1) is 14.1. The van der Waals surface area contributed by atoms with E-state index in [0.29, 0.717) is 24.9 Å². The summed E-state index contributed by atoms with van der Waals surface area (Å²) in [6.07, 6.45) is 3.87. The third kappa shape index (κ3) is 9.13. The number of imide groups is 1.